The molecule has 0 heterocycles. The van der Waals surface area contributed by atoms with Crippen molar-refractivity contribution in [2.24, 2.45) is 0 Å². The third-order valence-corrected chi connectivity index (χ3v) is 3.51. The average molecular weight is 284 g/mol. The third kappa shape index (κ3) is 3.63. The minimum atomic E-state index is -0.277. The van der Waals surface area contributed by atoms with Gasteiger partial charge in [-0.15, -0.1) is 0 Å². The third-order valence-electron chi connectivity index (χ3n) is 3.51. The Morgan fingerprint density at radius 2 is 1.81 bits per heavy atom. The first-order valence-corrected chi connectivity index (χ1v) is 7.06. The van der Waals surface area contributed by atoms with Crippen LogP contribution in [0, 0.1) is 0 Å². The predicted octanol–water partition coefficient (Wildman–Crippen LogP) is 4.02. The molecule has 3 heteroatoms. The smallest absolute Gasteiger partial charge is 0.338 e. The normalized spacial score (nSPS) is 11.8. The highest BCUT2D eigenvalue weighted by atomic mass is 16.5. The Labute approximate surface area is 125 Å². The number of ether oxygens (including phenoxy) is 2. The van der Waals surface area contributed by atoms with Crippen LogP contribution in [0.3, 0.4) is 0 Å². The minimum absolute atomic E-state index is 0.199. The molecule has 2 rings (SSSR count). The van der Waals surface area contributed by atoms with Crippen LogP contribution in [0.2, 0.25) is 0 Å². The van der Waals surface area contributed by atoms with E-state index in [4.69, 9.17) is 9.47 Å². The largest absolute Gasteiger partial charge is 0.497 e. The molecule has 0 aromatic heterocycles. The van der Waals surface area contributed by atoms with Gasteiger partial charge < -0.3 is 9.47 Å². The van der Waals surface area contributed by atoms with Crippen molar-refractivity contribution in [1.29, 1.82) is 0 Å². The van der Waals surface area contributed by atoms with E-state index in [-0.39, 0.29) is 11.9 Å². The van der Waals surface area contributed by atoms with Crippen LogP contribution in [0.15, 0.2) is 48.5 Å². The monoisotopic (exact) mass is 284 g/mol. The lowest BCUT2D eigenvalue weighted by Gasteiger charge is -2.14. The van der Waals surface area contributed by atoms with Gasteiger partial charge in [0, 0.05) is 5.92 Å². The molecule has 0 radical (unpaired) electrons. The Balaban J connectivity index is 2.23. The van der Waals surface area contributed by atoms with Gasteiger partial charge in [0.25, 0.3) is 0 Å². The van der Waals surface area contributed by atoms with Gasteiger partial charge in [-0.3, -0.25) is 0 Å². The maximum Gasteiger partial charge on any atom is 0.338 e. The van der Waals surface area contributed by atoms with Crippen molar-refractivity contribution >= 4 is 5.97 Å². The van der Waals surface area contributed by atoms with Crippen LogP contribution in [0.4, 0.5) is 0 Å². The Kier molecular flexibility index (Phi) is 4.99. The Bertz CT molecular complexity index is 602. The van der Waals surface area contributed by atoms with E-state index in [1.165, 1.54) is 5.56 Å². The highest BCUT2D eigenvalue weighted by Gasteiger charge is 2.12. The molecular weight excluding hydrogens is 264 g/mol. The van der Waals surface area contributed by atoms with Crippen molar-refractivity contribution in [2.45, 2.75) is 19.8 Å². The first-order valence-electron chi connectivity index (χ1n) is 7.06. The molecule has 0 spiro atoms. The standard InChI is InChI=1S/C18H20O3/c1-4-21-18(19)16-7-5-6-15(12-16)13(2)14-8-10-17(20-3)11-9-14/h5-13H,4H2,1-3H3. The van der Waals surface area contributed by atoms with E-state index >= 15 is 0 Å². The highest BCUT2D eigenvalue weighted by molar-refractivity contribution is 5.89. The van der Waals surface area contributed by atoms with Crippen LogP contribution in [0.1, 0.15) is 41.3 Å². The first kappa shape index (κ1) is 15.1. The van der Waals surface area contributed by atoms with Crippen LogP contribution < -0.4 is 4.74 Å². The van der Waals surface area contributed by atoms with Crippen molar-refractivity contribution < 1.29 is 14.3 Å². The first-order chi connectivity index (χ1) is 10.2. The molecule has 1 unspecified atom stereocenters. The molecule has 0 saturated heterocycles. The summed E-state index contributed by atoms with van der Waals surface area (Å²) in [6.07, 6.45) is 0. The van der Waals surface area contributed by atoms with E-state index in [1.807, 2.05) is 49.4 Å². The van der Waals surface area contributed by atoms with Crippen molar-refractivity contribution in [3.8, 4) is 5.75 Å². The Morgan fingerprint density at radius 3 is 2.43 bits per heavy atom. The number of rotatable bonds is 5. The van der Waals surface area contributed by atoms with Gasteiger partial charge in [-0.25, -0.2) is 4.79 Å². The van der Waals surface area contributed by atoms with E-state index in [0.717, 1.165) is 11.3 Å². The van der Waals surface area contributed by atoms with Crippen molar-refractivity contribution in [3.05, 3.63) is 65.2 Å². The molecule has 0 saturated carbocycles. The van der Waals surface area contributed by atoms with Gasteiger partial charge in [-0.2, -0.15) is 0 Å². The molecule has 3 nitrogen and oxygen atoms in total. The number of esters is 1. The van der Waals surface area contributed by atoms with Crippen molar-refractivity contribution in [3.63, 3.8) is 0 Å². The molecule has 0 N–H and O–H groups in total. The van der Waals surface area contributed by atoms with E-state index in [0.29, 0.717) is 12.2 Å². The molecule has 110 valence electrons. The second-order valence-electron chi connectivity index (χ2n) is 4.84. The lowest BCUT2D eigenvalue weighted by atomic mass is 9.92. The van der Waals surface area contributed by atoms with Gasteiger partial charge in [-0.1, -0.05) is 31.2 Å². The molecule has 0 aliphatic rings. The zero-order valence-electron chi connectivity index (χ0n) is 12.6. The molecule has 2 aromatic rings. The summed E-state index contributed by atoms with van der Waals surface area (Å²) in [4.78, 5) is 11.8. The van der Waals surface area contributed by atoms with Crippen molar-refractivity contribution in [1.82, 2.24) is 0 Å². The molecular formula is C18H20O3. The lowest BCUT2D eigenvalue weighted by molar-refractivity contribution is 0.0526. The van der Waals surface area contributed by atoms with E-state index in [2.05, 4.69) is 6.92 Å². The highest BCUT2D eigenvalue weighted by Crippen LogP contribution is 2.26. The maximum absolute atomic E-state index is 11.8. The maximum atomic E-state index is 11.8. The van der Waals surface area contributed by atoms with Crippen LogP contribution in [-0.4, -0.2) is 19.7 Å². The Hall–Kier alpha value is -2.29. The van der Waals surface area contributed by atoms with Gasteiger partial charge >= 0.3 is 5.97 Å². The van der Waals surface area contributed by atoms with E-state index in [9.17, 15) is 4.79 Å². The molecule has 0 amide bonds. The van der Waals surface area contributed by atoms with Gasteiger partial charge in [0.2, 0.25) is 0 Å². The van der Waals surface area contributed by atoms with Gasteiger partial charge in [0.15, 0.2) is 0 Å². The van der Waals surface area contributed by atoms with E-state index < -0.39 is 0 Å². The fourth-order valence-electron chi connectivity index (χ4n) is 2.23. The van der Waals surface area contributed by atoms with Gasteiger partial charge in [0.05, 0.1) is 19.3 Å². The number of hydrogen-bond acceptors (Lipinski definition) is 3. The predicted molar refractivity (Wildman–Crippen MR) is 82.9 cm³/mol. The number of hydrogen-bond donors (Lipinski definition) is 0. The summed E-state index contributed by atoms with van der Waals surface area (Å²) in [6, 6.07) is 15.6. The zero-order chi connectivity index (χ0) is 15.2. The summed E-state index contributed by atoms with van der Waals surface area (Å²) in [6.45, 7) is 4.31. The average Bonchev–Trinajstić information content (AvgIpc) is 2.54. The molecule has 0 aliphatic heterocycles. The van der Waals surface area contributed by atoms with E-state index in [1.54, 1.807) is 13.2 Å². The van der Waals surface area contributed by atoms with Crippen molar-refractivity contribution in [2.75, 3.05) is 13.7 Å². The molecule has 2 aromatic carbocycles. The molecule has 21 heavy (non-hydrogen) atoms. The molecule has 1 atom stereocenters. The fraction of sp³-hybridized carbons (Fsp3) is 0.278. The van der Waals surface area contributed by atoms with Gasteiger partial charge in [-0.05, 0) is 42.3 Å². The molecule has 0 fully saturated rings. The summed E-state index contributed by atoms with van der Waals surface area (Å²) in [7, 11) is 1.65. The van der Waals surface area contributed by atoms with Crippen LogP contribution >= 0.6 is 0 Å². The van der Waals surface area contributed by atoms with Gasteiger partial charge in [0.1, 0.15) is 5.75 Å². The van der Waals surface area contributed by atoms with Crippen LogP contribution in [-0.2, 0) is 4.74 Å². The van der Waals surface area contributed by atoms with Crippen LogP contribution in [0.25, 0.3) is 0 Å². The number of carbonyl (C=O) groups excluding carboxylic acids is 1. The summed E-state index contributed by atoms with van der Waals surface area (Å²) < 4.78 is 10.2. The second-order valence-corrected chi connectivity index (χ2v) is 4.84. The molecule has 0 aliphatic carbocycles. The molecule has 0 bridgehead atoms. The number of carbonyl (C=O) groups is 1. The number of benzene rings is 2. The summed E-state index contributed by atoms with van der Waals surface area (Å²) in [5, 5.41) is 0. The lowest BCUT2D eigenvalue weighted by Crippen LogP contribution is -2.06. The minimum Gasteiger partial charge on any atom is -0.497 e. The zero-order valence-corrected chi connectivity index (χ0v) is 12.6. The summed E-state index contributed by atoms with van der Waals surface area (Å²) in [5.41, 5.74) is 2.86. The van der Waals surface area contributed by atoms with Crippen LogP contribution in [0.5, 0.6) is 5.75 Å². The fourth-order valence-corrected chi connectivity index (χ4v) is 2.23. The summed E-state index contributed by atoms with van der Waals surface area (Å²) >= 11 is 0. The summed E-state index contributed by atoms with van der Waals surface area (Å²) in [5.74, 6) is 0.762. The number of methoxy groups -OCH3 is 1. The SMILES string of the molecule is CCOC(=O)c1cccc(C(C)c2ccc(OC)cc2)c1. The topological polar surface area (TPSA) is 35.5 Å². The quantitative estimate of drug-likeness (QED) is 0.778. The Morgan fingerprint density at radius 1 is 1.10 bits per heavy atom. The second kappa shape index (κ2) is 6.93.